The molecule has 1 heterocycles. The number of aryl methyl sites for hydroxylation is 1. The topological polar surface area (TPSA) is 65.0 Å². The van der Waals surface area contributed by atoms with E-state index in [1.165, 1.54) is 0 Å². The maximum Gasteiger partial charge on any atom is 0.348 e. The van der Waals surface area contributed by atoms with Crippen molar-refractivity contribution in [3.63, 3.8) is 0 Å². The summed E-state index contributed by atoms with van der Waals surface area (Å²) in [6.07, 6.45) is 0.665. The van der Waals surface area contributed by atoms with E-state index in [9.17, 15) is 9.90 Å². The zero-order valence-electron chi connectivity index (χ0n) is 11.1. The van der Waals surface area contributed by atoms with Crippen LogP contribution in [0.4, 0.5) is 0 Å². The Morgan fingerprint density at radius 3 is 2.58 bits per heavy atom. The van der Waals surface area contributed by atoms with E-state index in [1.807, 2.05) is 19.1 Å². The van der Waals surface area contributed by atoms with Gasteiger partial charge in [-0.25, -0.2) is 4.79 Å². The second-order valence-corrected chi connectivity index (χ2v) is 4.67. The number of hydrogen-bond donors (Lipinski definition) is 1. The van der Waals surface area contributed by atoms with E-state index in [1.54, 1.807) is 13.2 Å². The van der Waals surface area contributed by atoms with E-state index in [0.717, 1.165) is 5.56 Å². The first-order chi connectivity index (χ1) is 9.07. The maximum absolute atomic E-state index is 11.5. The molecule has 0 radical (unpaired) electrons. The number of benzene rings is 1. The van der Waals surface area contributed by atoms with Gasteiger partial charge in [0.15, 0.2) is 11.5 Å². The zero-order chi connectivity index (χ0) is 13.9. The van der Waals surface area contributed by atoms with Gasteiger partial charge in [0.25, 0.3) is 0 Å². The average molecular weight is 266 g/mol. The van der Waals surface area contributed by atoms with Gasteiger partial charge in [-0.15, -0.1) is 0 Å². The molecule has 5 nitrogen and oxygen atoms in total. The van der Waals surface area contributed by atoms with Crippen molar-refractivity contribution in [3.05, 3.63) is 23.8 Å². The molecule has 1 aliphatic rings. The third-order valence-electron chi connectivity index (χ3n) is 3.31. The van der Waals surface area contributed by atoms with Gasteiger partial charge in [-0.1, -0.05) is 6.07 Å². The van der Waals surface area contributed by atoms with Crippen LogP contribution in [-0.4, -0.2) is 37.0 Å². The van der Waals surface area contributed by atoms with E-state index in [-0.39, 0.29) is 0 Å². The van der Waals surface area contributed by atoms with Crippen molar-refractivity contribution >= 4 is 5.97 Å². The molecule has 1 fully saturated rings. The van der Waals surface area contributed by atoms with E-state index < -0.39 is 11.6 Å². The average Bonchev–Trinajstić information content (AvgIpc) is 2.41. The molecule has 2 rings (SSSR count). The Morgan fingerprint density at radius 1 is 1.32 bits per heavy atom. The Hall–Kier alpha value is -1.75. The number of rotatable bonds is 4. The molecule has 1 aliphatic heterocycles. The van der Waals surface area contributed by atoms with Crippen LogP contribution in [0.1, 0.15) is 18.4 Å². The Morgan fingerprint density at radius 2 is 2.00 bits per heavy atom. The van der Waals surface area contributed by atoms with Gasteiger partial charge in [0.05, 0.1) is 20.3 Å². The van der Waals surface area contributed by atoms with Gasteiger partial charge in [0.2, 0.25) is 5.60 Å². The molecular weight excluding hydrogens is 248 g/mol. The first-order valence-corrected chi connectivity index (χ1v) is 6.22. The summed E-state index contributed by atoms with van der Waals surface area (Å²) in [5.74, 6) is 0.0444. The Balaban J connectivity index is 2.29. The fourth-order valence-electron chi connectivity index (χ4n) is 2.13. The summed E-state index contributed by atoms with van der Waals surface area (Å²) in [5, 5.41) is 9.45. The molecule has 1 N–H and O–H groups in total. The molecule has 0 aromatic heterocycles. The summed E-state index contributed by atoms with van der Waals surface area (Å²) >= 11 is 0. The third-order valence-corrected chi connectivity index (χ3v) is 3.31. The van der Waals surface area contributed by atoms with Gasteiger partial charge < -0.3 is 19.3 Å². The normalized spacial score (nSPS) is 17.8. The summed E-state index contributed by atoms with van der Waals surface area (Å²) < 4.78 is 16.2. The highest BCUT2D eigenvalue weighted by atomic mass is 16.6. The predicted molar refractivity (Wildman–Crippen MR) is 68.8 cm³/mol. The molecule has 0 unspecified atom stereocenters. The minimum absolute atomic E-state index is 0.333. The molecule has 5 heteroatoms. The van der Waals surface area contributed by atoms with Crippen LogP contribution >= 0.6 is 0 Å². The molecule has 19 heavy (non-hydrogen) atoms. The standard InChI is InChI=1S/C14H18O5/c1-10-3-4-11(12(9-10)17-2)19-14(13(15)16)5-7-18-8-6-14/h3-4,9H,5-8H2,1-2H3,(H,15,16). The summed E-state index contributed by atoms with van der Waals surface area (Å²) in [4.78, 5) is 11.5. The van der Waals surface area contributed by atoms with Crippen LogP contribution in [0.15, 0.2) is 18.2 Å². The largest absolute Gasteiger partial charge is 0.493 e. The molecule has 0 bridgehead atoms. The lowest BCUT2D eigenvalue weighted by Crippen LogP contribution is -2.49. The lowest BCUT2D eigenvalue weighted by molar-refractivity contribution is -0.163. The second-order valence-electron chi connectivity index (χ2n) is 4.67. The van der Waals surface area contributed by atoms with Crippen LogP contribution in [0.25, 0.3) is 0 Å². The molecular formula is C14H18O5. The maximum atomic E-state index is 11.5. The van der Waals surface area contributed by atoms with E-state index in [4.69, 9.17) is 14.2 Å². The van der Waals surface area contributed by atoms with Gasteiger partial charge in [-0.05, 0) is 24.6 Å². The molecule has 0 aliphatic carbocycles. The SMILES string of the molecule is COc1cc(C)ccc1OC1(C(=O)O)CCOCC1. The van der Waals surface area contributed by atoms with E-state index in [0.29, 0.717) is 37.6 Å². The van der Waals surface area contributed by atoms with Crippen LogP contribution in [-0.2, 0) is 9.53 Å². The highest BCUT2D eigenvalue weighted by molar-refractivity contribution is 5.78. The Bertz CT molecular complexity index is 463. The van der Waals surface area contributed by atoms with Crippen LogP contribution in [0.2, 0.25) is 0 Å². The molecule has 0 saturated carbocycles. The molecule has 0 amide bonds. The van der Waals surface area contributed by atoms with Crippen molar-refractivity contribution in [1.29, 1.82) is 0 Å². The summed E-state index contributed by atoms with van der Waals surface area (Å²) in [7, 11) is 1.54. The highest BCUT2D eigenvalue weighted by Gasteiger charge is 2.43. The van der Waals surface area contributed by atoms with Crippen molar-refractivity contribution in [2.45, 2.75) is 25.4 Å². The monoisotopic (exact) mass is 266 g/mol. The van der Waals surface area contributed by atoms with Crippen molar-refractivity contribution in [2.75, 3.05) is 20.3 Å². The first-order valence-electron chi connectivity index (χ1n) is 6.22. The minimum Gasteiger partial charge on any atom is -0.493 e. The highest BCUT2D eigenvalue weighted by Crippen LogP contribution is 2.34. The number of hydrogen-bond acceptors (Lipinski definition) is 4. The van der Waals surface area contributed by atoms with Gasteiger partial charge in [0, 0.05) is 12.8 Å². The number of ether oxygens (including phenoxy) is 3. The van der Waals surface area contributed by atoms with E-state index in [2.05, 4.69) is 0 Å². The van der Waals surface area contributed by atoms with Crippen molar-refractivity contribution < 1.29 is 24.1 Å². The summed E-state index contributed by atoms with van der Waals surface area (Å²) in [5.41, 5.74) is -0.193. The molecule has 1 saturated heterocycles. The molecule has 1 aromatic carbocycles. The van der Waals surface area contributed by atoms with Crippen LogP contribution < -0.4 is 9.47 Å². The van der Waals surface area contributed by atoms with Gasteiger partial charge in [0.1, 0.15) is 0 Å². The number of carboxylic acids is 1. The fraction of sp³-hybridized carbons (Fsp3) is 0.500. The quantitative estimate of drug-likeness (QED) is 0.903. The molecule has 0 spiro atoms. The minimum atomic E-state index is -1.22. The number of carbonyl (C=O) groups is 1. The van der Waals surface area contributed by atoms with Gasteiger partial charge in [-0.2, -0.15) is 0 Å². The summed E-state index contributed by atoms with van der Waals surface area (Å²) in [6, 6.07) is 5.44. The Kier molecular flexibility index (Phi) is 3.95. The predicted octanol–water partition coefficient (Wildman–Crippen LogP) is 2.02. The number of aliphatic carboxylic acids is 1. The second kappa shape index (κ2) is 5.48. The molecule has 0 atom stereocenters. The summed E-state index contributed by atoms with van der Waals surface area (Å²) in [6.45, 7) is 2.72. The van der Waals surface area contributed by atoms with Crippen molar-refractivity contribution in [1.82, 2.24) is 0 Å². The van der Waals surface area contributed by atoms with E-state index >= 15 is 0 Å². The van der Waals surface area contributed by atoms with Crippen molar-refractivity contribution in [3.8, 4) is 11.5 Å². The Labute approximate surface area is 112 Å². The lowest BCUT2D eigenvalue weighted by Gasteiger charge is -2.33. The number of carboxylic acid groups (broad SMARTS) is 1. The first kappa shape index (κ1) is 13.7. The van der Waals surface area contributed by atoms with Crippen LogP contribution in [0, 0.1) is 6.92 Å². The van der Waals surface area contributed by atoms with Crippen LogP contribution in [0.5, 0.6) is 11.5 Å². The van der Waals surface area contributed by atoms with Crippen LogP contribution in [0.3, 0.4) is 0 Å². The van der Waals surface area contributed by atoms with Crippen molar-refractivity contribution in [2.24, 2.45) is 0 Å². The van der Waals surface area contributed by atoms with Gasteiger partial charge >= 0.3 is 5.97 Å². The fourth-order valence-corrected chi connectivity index (χ4v) is 2.13. The smallest absolute Gasteiger partial charge is 0.348 e. The molecule has 1 aromatic rings. The number of methoxy groups -OCH3 is 1. The lowest BCUT2D eigenvalue weighted by atomic mass is 9.94. The van der Waals surface area contributed by atoms with Gasteiger partial charge in [-0.3, -0.25) is 0 Å². The third kappa shape index (κ3) is 2.81. The molecule has 104 valence electrons. The zero-order valence-corrected chi connectivity index (χ0v) is 11.1.